The molecule has 3 nitrogen and oxygen atoms in total. The van der Waals surface area contributed by atoms with Crippen LogP contribution in [-0.4, -0.2) is 36.8 Å². The first kappa shape index (κ1) is 21.5. The van der Waals surface area contributed by atoms with Crippen LogP contribution in [0.1, 0.15) is 48.4 Å². The van der Waals surface area contributed by atoms with Crippen molar-refractivity contribution < 1.29 is 9.84 Å². The zero-order valence-electron chi connectivity index (χ0n) is 19.4. The molecule has 2 unspecified atom stereocenters. The van der Waals surface area contributed by atoms with Gasteiger partial charge < -0.3 is 14.7 Å². The van der Waals surface area contributed by atoms with Gasteiger partial charge in [-0.1, -0.05) is 63.9 Å². The molecule has 3 heteroatoms. The van der Waals surface area contributed by atoms with Crippen LogP contribution in [0.3, 0.4) is 0 Å². The van der Waals surface area contributed by atoms with Gasteiger partial charge in [0.05, 0.1) is 6.04 Å². The van der Waals surface area contributed by atoms with E-state index in [1.807, 2.05) is 6.08 Å². The molecular formula is C28H33NO2. The smallest absolute Gasteiger partial charge is 0.108 e. The van der Waals surface area contributed by atoms with Gasteiger partial charge in [-0.15, -0.1) is 0 Å². The van der Waals surface area contributed by atoms with E-state index in [2.05, 4.69) is 76.7 Å². The van der Waals surface area contributed by atoms with Crippen LogP contribution in [0.25, 0.3) is 16.5 Å². The van der Waals surface area contributed by atoms with Gasteiger partial charge in [-0.3, -0.25) is 0 Å². The summed E-state index contributed by atoms with van der Waals surface area (Å²) in [6, 6.07) is 8.69. The summed E-state index contributed by atoms with van der Waals surface area (Å²) in [5, 5.41) is 13.3. The highest BCUT2D eigenvalue weighted by molar-refractivity contribution is 6.04. The first-order valence-electron chi connectivity index (χ1n) is 10.9. The van der Waals surface area contributed by atoms with Crippen molar-refractivity contribution >= 4 is 16.5 Å². The molecule has 2 aromatic rings. The Hall–Kier alpha value is -2.78. The Labute approximate surface area is 186 Å². The minimum atomic E-state index is -0.257. The van der Waals surface area contributed by atoms with Gasteiger partial charge in [-0.05, 0) is 52.0 Å². The van der Waals surface area contributed by atoms with E-state index in [4.69, 9.17) is 4.74 Å². The van der Waals surface area contributed by atoms with Gasteiger partial charge in [0.1, 0.15) is 5.76 Å². The van der Waals surface area contributed by atoms with Crippen molar-refractivity contribution in [3.63, 3.8) is 0 Å². The summed E-state index contributed by atoms with van der Waals surface area (Å²) in [5.41, 5.74) is 8.03. The fraction of sp³-hybridized carbons (Fsp3) is 0.357. The third-order valence-corrected chi connectivity index (χ3v) is 7.26. The zero-order chi connectivity index (χ0) is 22.7. The summed E-state index contributed by atoms with van der Waals surface area (Å²) in [6.07, 6.45) is 2.65. The SMILES string of the molecule is C=CC(=C)C1=C2c3c(cc(C)c4cccc(c34)C1(C)C)C(CCOC)C(C(=C)O)N2C. The molecule has 2 atom stereocenters. The van der Waals surface area contributed by atoms with E-state index < -0.39 is 0 Å². The third-order valence-electron chi connectivity index (χ3n) is 7.26. The largest absolute Gasteiger partial charge is 0.511 e. The molecule has 2 aromatic carbocycles. The lowest BCUT2D eigenvalue weighted by Gasteiger charge is -2.49. The molecular weight excluding hydrogens is 382 g/mol. The Balaban J connectivity index is 2.21. The van der Waals surface area contributed by atoms with E-state index >= 15 is 0 Å². The molecule has 0 aromatic heterocycles. The van der Waals surface area contributed by atoms with Crippen molar-refractivity contribution in [2.75, 3.05) is 20.8 Å². The van der Waals surface area contributed by atoms with E-state index in [0.29, 0.717) is 6.61 Å². The van der Waals surface area contributed by atoms with E-state index in [0.717, 1.165) is 23.3 Å². The maximum Gasteiger partial charge on any atom is 0.108 e. The van der Waals surface area contributed by atoms with Gasteiger partial charge in [-0.2, -0.15) is 0 Å². The normalized spacial score (nSPS) is 21.4. The molecule has 1 aliphatic heterocycles. The fourth-order valence-corrected chi connectivity index (χ4v) is 5.90. The summed E-state index contributed by atoms with van der Waals surface area (Å²) in [7, 11) is 3.79. The van der Waals surface area contributed by atoms with Crippen LogP contribution >= 0.6 is 0 Å². The summed E-state index contributed by atoms with van der Waals surface area (Å²) >= 11 is 0. The Morgan fingerprint density at radius 1 is 1.29 bits per heavy atom. The van der Waals surface area contributed by atoms with Gasteiger partial charge in [-0.25, -0.2) is 0 Å². The molecule has 0 bridgehead atoms. The van der Waals surface area contributed by atoms with Crippen LogP contribution in [0, 0.1) is 6.92 Å². The standard InChI is InChI=1S/C28H33NO2/c1-9-16(2)25-27-24-21(20(13-14-31-8)26(18(4)30)29(27)7)15-17(3)19-11-10-12-22(23(19)24)28(25,5)6/h9-12,15,20,26,30H,1-2,4,13-14H2,3,5-8H3. The molecule has 1 heterocycles. The second-order valence-electron chi connectivity index (χ2n) is 9.40. The first-order chi connectivity index (χ1) is 14.7. The fourth-order valence-electron chi connectivity index (χ4n) is 5.90. The summed E-state index contributed by atoms with van der Waals surface area (Å²) in [4.78, 5) is 2.21. The van der Waals surface area contributed by atoms with Crippen molar-refractivity contribution in [3.05, 3.63) is 89.2 Å². The maximum absolute atomic E-state index is 10.7. The second-order valence-corrected chi connectivity index (χ2v) is 9.40. The van der Waals surface area contributed by atoms with Crippen molar-refractivity contribution in [2.45, 2.75) is 44.6 Å². The molecule has 2 aliphatic rings. The number of aliphatic hydroxyl groups is 1. The quantitative estimate of drug-likeness (QED) is 0.438. The summed E-state index contributed by atoms with van der Waals surface area (Å²) < 4.78 is 5.45. The predicted octanol–water partition coefficient (Wildman–Crippen LogP) is 6.40. The van der Waals surface area contributed by atoms with E-state index in [9.17, 15) is 5.11 Å². The lowest BCUT2D eigenvalue weighted by molar-refractivity contribution is 0.161. The Bertz CT molecular complexity index is 1150. The maximum atomic E-state index is 10.7. The number of rotatable bonds is 6. The topological polar surface area (TPSA) is 32.7 Å². The van der Waals surface area contributed by atoms with Crippen LogP contribution < -0.4 is 0 Å². The Morgan fingerprint density at radius 2 is 2.00 bits per heavy atom. The van der Waals surface area contributed by atoms with Crippen LogP contribution in [0.2, 0.25) is 0 Å². The van der Waals surface area contributed by atoms with Crippen molar-refractivity contribution in [2.24, 2.45) is 0 Å². The van der Waals surface area contributed by atoms with Gasteiger partial charge in [0.25, 0.3) is 0 Å². The second kappa shape index (κ2) is 7.42. The monoisotopic (exact) mass is 415 g/mol. The summed E-state index contributed by atoms with van der Waals surface area (Å²) in [6.45, 7) is 19.7. The van der Waals surface area contributed by atoms with E-state index in [-0.39, 0.29) is 23.1 Å². The molecule has 0 saturated heterocycles. The molecule has 0 amide bonds. The predicted molar refractivity (Wildman–Crippen MR) is 131 cm³/mol. The van der Waals surface area contributed by atoms with Crippen molar-refractivity contribution in [1.82, 2.24) is 4.90 Å². The van der Waals surface area contributed by atoms with Crippen molar-refractivity contribution in [3.8, 4) is 0 Å². The van der Waals surface area contributed by atoms with E-state index in [1.165, 1.54) is 33.0 Å². The lowest BCUT2D eigenvalue weighted by Crippen LogP contribution is -2.45. The minimum absolute atomic E-state index is 0.0804. The summed E-state index contributed by atoms with van der Waals surface area (Å²) in [5.74, 6) is 0.261. The van der Waals surface area contributed by atoms with Gasteiger partial charge in [0.15, 0.2) is 0 Å². The molecule has 1 aliphatic carbocycles. The molecule has 162 valence electrons. The van der Waals surface area contributed by atoms with Crippen LogP contribution in [0.4, 0.5) is 0 Å². The van der Waals surface area contributed by atoms with E-state index in [1.54, 1.807) is 7.11 Å². The highest BCUT2D eigenvalue weighted by Gasteiger charge is 2.45. The number of aliphatic hydroxyl groups excluding tert-OH is 1. The number of nitrogens with zero attached hydrogens (tertiary/aromatic N) is 1. The zero-order valence-corrected chi connectivity index (χ0v) is 19.4. The molecule has 1 N–H and O–H groups in total. The lowest BCUT2D eigenvalue weighted by atomic mass is 9.64. The molecule has 31 heavy (non-hydrogen) atoms. The average Bonchev–Trinajstić information content (AvgIpc) is 2.72. The highest BCUT2D eigenvalue weighted by Crippen LogP contribution is 2.56. The van der Waals surface area contributed by atoms with Crippen LogP contribution in [0.15, 0.2) is 67.0 Å². The van der Waals surface area contributed by atoms with Crippen LogP contribution in [-0.2, 0) is 10.2 Å². The number of allylic oxidation sites excluding steroid dienone is 3. The van der Waals surface area contributed by atoms with Crippen LogP contribution in [0.5, 0.6) is 0 Å². The number of methoxy groups -OCH3 is 1. The average molecular weight is 416 g/mol. The number of hydrogen-bond acceptors (Lipinski definition) is 3. The minimum Gasteiger partial charge on any atom is -0.511 e. The Kier molecular flexibility index (Phi) is 5.13. The van der Waals surface area contributed by atoms with Gasteiger partial charge in [0, 0.05) is 43.4 Å². The number of likely N-dealkylation sites (N-methyl/N-ethyl adjacent to an activating group) is 1. The number of ether oxygens (including phenoxy) is 1. The molecule has 0 saturated carbocycles. The number of hydrogen-bond donors (Lipinski definition) is 1. The van der Waals surface area contributed by atoms with Gasteiger partial charge in [0.2, 0.25) is 0 Å². The number of aryl methyl sites for hydroxylation is 1. The van der Waals surface area contributed by atoms with Gasteiger partial charge >= 0.3 is 0 Å². The third kappa shape index (κ3) is 2.90. The molecule has 0 radical (unpaired) electrons. The van der Waals surface area contributed by atoms with Crippen molar-refractivity contribution in [1.29, 1.82) is 0 Å². The Morgan fingerprint density at radius 3 is 2.61 bits per heavy atom. The number of benzene rings is 2. The molecule has 0 fully saturated rings. The molecule has 4 rings (SSSR count). The molecule has 0 spiro atoms. The highest BCUT2D eigenvalue weighted by atomic mass is 16.5. The first-order valence-corrected chi connectivity index (χ1v) is 10.9.